The Morgan fingerprint density at radius 2 is 0.983 bits per heavy atom. The van der Waals surface area contributed by atoms with E-state index in [4.69, 9.17) is 14.8 Å². The van der Waals surface area contributed by atoms with Crippen LogP contribution in [0, 0.1) is 0 Å². The van der Waals surface area contributed by atoms with Gasteiger partial charge in [0.1, 0.15) is 0 Å². The Kier molecular flexibility index (Phi) is 43.5. The summed E-state index contributed by atoms with van der Waals surface area (Å²) in [5.41, 5.74) is 5.38. The van der Waals surface area contributed by atoms with E-state index in [0.29, 0.717) is 12.8 Å². The van der Waals surface area contributed by atoms with E-state index in [2.05, 4.69) is 116 Å². The Labute approximate surface area is 367 Å². The number of amides is 1. The molecule has 3 atom stereocenters. The van der Waals surface area contributed by atoms with Gasteiger partial charge in [0, 0.05) is 13.0 Å². The molecule has 0 aliphatic carbocycles. The molecule has 0 aliphatic heterocycles. The number of nitrogens with one attached hydrogen (secondary N) is 1. The highest BCUT2D eigenvalue weighted by Crippen LogP contribution is 2.43. The number of phosphoric acid groups is 1. The highest BCUT2D eigenvalue weighted by atomic mass is 31.2. The SMILES string of the molecule is CC/C=C\C/C=C\C/C=C\C/C=C\C/C=C\C/C=C\CCCCCCC(=O)NC(COP(=O)(O)OCCN)C(O)/C=C/CC/C=C/CC/C=C/CCCCCCCCCC. The summed E-state index contributed by atoms with van der Waals surface area (Å²) in [6.07, 6.45) is 64.3. The third-order valence-electron chi connectivity index (χ3n) is 9.56. The van der Waals surface area contributed by atoms with Gasteiger partial charge in [0.25, 0.3) is 0 Å². The van der Waals surface area contributed by atoms with E-state index in [1.165, 1.54) is 57.8 Å². The molecule has 0 heterocycles. The van der Waals surface area contributed by atoms with Gasteiger partial charge in [-0.3, -0.25) is 13.8 Å². The molecular weight excluding hydrogens is 768 g/mol. The van der Waals surface area contributed by atoms with Crippen LogP contribution in [-0.4, -0.2) is 47.8 Å². The second kappa shape index (κ2) is 45.7. The van der Waals surface area contributed by atoms with Crippen LogP contribution < -0.4 is 11.1 Å². The van der Waals surface area contributed by atoms with E-state index in [-0.39, 0.29) is 25.7 Å². The van der Waals surface area contributed by atoms with Crippen molar-refractivity contribution in [3.63, 3.8) is 0 Å². The van der Waals surface area contributed by atoms with Crippen LogP contribution in [-0.2, 0) is 18.4 Å². The van der Waals surface area contributed by atoms with Crippen molar-refractivity contribution in [1.29, 1.82) is 0 Å². The third kappa shape index (κ3) is 43.3. The predicted molar refractivity (Wildman–Crippen MR) is 258 cm³/mol. The summed E-state index contributed by atoms with van der Waals surface area (Å²) in [6, 6.07) is -0.906. The number of aliphatic hydroxyl groups is 1. The number of unbranched alkanes of at least 4 members (excludes halogenated alkanes) is 14. The fraction of sp³-hybridized carbons (Fsp3) is 0.627. The number of carbonyl (C=O) groups excluding carboxylic acids is 1. The first-order valence-corrected chi connectivity index (χ1v) is 25.0. The average Bonchev–Trinajstić information content (AvgIpc) is 3.24. The molecule has 0 bridgehead atoms. The molecule has 0 aromatic heterocycles. The van der Waals surface area contributed by atoms with Gasteiger partial charge >= 0.3 is 7.82 Å². The number of carbonyl (C=O) groups is 1. The first kappa shape index (κ1) is 57.2. The van der Waals surface area contributed by atoms with E-state index in [0.717, 1.165) is 89.9 Å². The van der Waals surface area contributed by atoms with Crippen molar-refractivity contribution >= 4 is 13.7 Å². The van der Waals surface area contributed by atoms with Crippen LogP contribution in [0.1, 0.15) is 174 Å². The number of allylic oxidation sites excluding steroid dienone is 17. The zero-order valence-electron chi connectivity index (χ0n) is 37.9. The van der Waals surface area contributed by atoms with E-state index in [1.54, 1.807) is 6.08 Å². The Balaban J connectivity index is 4.33. The summed E-state index contributed by atoms with van der Waals surface area (Å²) >= 11 is 0. The first-order valence-electron chi connectivity index (χ1n) is 23.5. The second-order valence-corrected chi connectivity index (χ2v) is 16.7. The summed E-state index contributed by atoms with van der Waals surface area (Å²) in [5.74, 6) is -0.238. The molecule has 1 amide bonds. The predicted octanol–water partition coefficient (Wildman–Crippen LogP) is 13.7. The molecule has 0 aromatic rings. The van der Waals surface area contributed by atoms with Crippen LogP contribution in [0.4, 0.5) is 0 Å². The van der Waals surface area contributed by atoms with E-state index >= 15 is 0 Å². The maximum absolute atomic E-state index is 12.8. The van der Waals surface area contributed by atoms with E-state index in [9.17, 15) is 19.4 Å². The van der Waals surface area contributed by atoms with Crippen LogP contribution >= 0.6 is 7.82 Å². The molecule has 0 saturated carbocycles. The zero-order valence-corrected chi connectivity index (χ0v) is 38.8. The molecule has 0 aromatic carbocycles. The first-order chi connectivity index (χ1) is 29.4. The van der Waals surface area contributed by atoms with Crippen LogP contribution in [0.15, 0.2) is 109 Å². The Hall–Kier alpha value is -2.84. The van der Waals surface area contributed by atoms with Crippen molar-refractivity contribution in [2.75, 3.05) is 19.8 Å². The minimum atomic E-state index is -4.37. The molecule has 0 aliphatic rings. The molecule has 0 spiro atoms. The van der Waals surface area contributed by atoms with Crippen molar-refractivity contribution in [1.82, 2.24) is 5.32 Å². The fourth-order valence-electron chi connectivity index (χ4n) is 6.05. The van der Waals surface area contributed by atoms with E-state index < -0.39 is 20.0 Å². The molecule has 8 nitrogen and oxygen atoms in total. The average molecular weight is 855 g/mol. The molecule has 0 saturated heterocycles. The van der Waals surface area contributed by atoms with Gasteiger partial charge in [-0.15, -0.1) is 0 Å². The van der Waals surface area contributed by atoms with Crippen LogP contribution in [0.3, 0.4) is 0 Å². The van der Waals surface area contributed by atoms with E-state index in [1.807, 2.05) is 6.08 Å². The standard InChI is InChI=1S/C51H87N2O6P/c1-3-5-7-9-11-13-15-17-19-21-23-24-25-26-27-29-31-33-35-37-39-41-43-45-51(55)53-49(48-59-60(56,57)58-47-46-52)50(54)44-42-40-38-36-34-32-30-28-22-20-18-16-14-12-10-8-6-4-2/h5,7,11,13,17,19,22-24,26-28,31,33-34,36,42,44,49-50,54H,3-4,6,8-10,12,14-16,18,20-21,25,29-30,32,35,37-41,43,45-48,52H2,1-2H3,(H,53,55)(H,56,57)/b7-5-,13-11-,19-17-,24-23-,27-26-,28-22+,33-31-,36-34+,44-42+. The molecular formula is C51H87N2O6P. The minimum Gasteiger partial charge on any atom is -0.387 e. The highest BCUT2D eigenvalue weighted by Gasteiger charge is 2.26. The summed E-state index contributed by atoms with van der Waals surface area (Å²) in [6.45, 7) is 3.95. The lowest BCUT2D eigenvalue weighted by Crippen LogP contribution is -2.45. The number of rotatable bonds is 42. The second-order valence-electron chi connectivity index (χ2n) is 15.2. The zero-order chi connectivity index (χ0) is 43.9. The van der Waals surface area contributed by atoms with Gasteiger partial charge in [-0.25, -0.2) is 4.57 Å². The third-order valence-corrected chi connectivity index (χ3v) is 10.5. The summed E-state index contributed by atoms with van der Waals surface area (Å²) < 4.78 is 22.1. The Morgan fingerprint density at radius 3 is 1.48 bits per heavy atom. The lowest BCUT2D eigenvalue weighted by molar-refractivity contribution is -0.123. The molecule has 0 radical (unpaired) electrons. The summed E-state index contributed by atoms with van der Waals surface area (Å²) in [5, 5.41) is 13.7. The van der Waals surface area contributed by atoms with Crippen molar-refractivity contribution in [3.05, 3.63) is 109 Å². The Bertz CT molecular complexity index is 1300. The van der Waals surface area contributed by atoms with Gasteiger partial charge in [0.05, 0.1) is 25.4 Å². The number of aliphatic hydroxyl groups excluding tert-OH is 1. The van der Waals surface area contributed by atoms with Crippen LogP contribution in [0.2, 0.25) is 0 Å². The van der Waals surface area contributed by atoms with Crippen molar-refractivity contribution < 1.29 is 28.4 Å². The van der Waals surface area contributed by atoms with Crippen LogP contribution in [0.5, 0.6) is 0 Å². The smallest absolute Gasteiger partial charge is 0.387 e. The van der Waals surface area contributed by atoms with Crippen molar-refractivity contribution in [2.24, 2.45) is 5.73 Å². The quantitative estimate of drug-likeness (QED) is 0.0273. The lowest BCUT2D eigenvalue weighted by atomic mass is 10.1. The monoisotopic (exact) mass is 855 g/mol. The maximum Gasteiger partial charge on any atom is 0.472 e. The van der Waals surface area contributed by atoms with Gasteiger partial charge in [0.15, 0.2) is 0 Å². The maximum atomic E-state index is 12.8. The number of nitrogens with two attached hydrogens (primary N) is 1. The molecule has 0 rings (SSSR count). The van der Waals surface area contributed by atoms with Crippen LogP contribution in [0.25, 0.3) is 0 Å². The topological polar surface area (TPSA) is 131 Å². The highest BCUT2D eigenvalue weighted by molar-refractivity contribution is 7.47. The molecule has 5 N–H and O–H groups in total. The van der Waals surface area contributed by atoms with Crippen molar-refractivity contribution in [2.45, 2.75) is 187 Å². The molecule has 9 heteroatoms. The number of phosphoric ester groups is 1. The minimum absolute atomic E-state index is 0.0608. The van der Waals surface area contributed by atoms with Gasteiger partial charge in [-0.05, 0) is 96.3 Å². The molecule has 342 valence electrons. The van der Waals surface area contributed by atoms with Gasteiger partial charge in [-0.1, -0.05) is 181 Å². The fourth-order valence-corrected chi connectivity index (χ4v) is 6.81. The summed E-state index contributed by atoms with van der Waals surface area (Å²) in [4.78, 5) is 22.8. The molecule has 0 fully saturated rings. The van der Waals surface area contributed by atoms with Gasteiger partial charge in [0.2, 0.25) is 5.91 Å². The lowest BCUT2D eigenvalue weighted by Gasteiger charge is -2.23. The number of hydrogen-bond donors (Lipinski definition) is 4. The van der Waals surface area contributed by atoms with Gasteiger partial charge in [-0.2, -0.15) is 0 Å². The largest absolute Gasteiger partial charge is 0.472 e. The summed E-state index contributed by atoms with van der Waals surface area (Å²) in [7, 11) is -4.37. The normalized spacial score (nSPS) is 14.9. The molecule has 3 unspecified atom stereocenters. The van der Waals surface area contributed by atoms with Gasteiger partial charge < -0.3 is 21.1 Å². The molecule has 60 heavy (non-hydrogen) atoms. The van der Waals surface area contributed by atoms with Crippen molar-refractivity contribution in [3.8, 4) is 0 Å². The Morgan fingerprint density at radius 1 is 0.567 bits per heavy atom. The number of hydrogen-bond acceptors (Lipinski definition) is 6.